The van der Waals surface area contributed by atoms with Gasteiger partial charge in [-0.1, -0.05) is 248 Å². The van der Waals surface area contributed by atoms with Gasteiger partial charge >= 0.3 is 5.97 Å². The summed E-state index contributed by atoms with van der Waals surface area (Å²) in [6.07, 6.45) is 65.4. The molecule has 0 bridgehead atoms. The average Bonchev–Trinajstić information content (AvgIpc) is 3.29. The van der Waals surface area contributed by atoms with Gasteiger partial charge in [-0.2, -0.15) is 0 Å². The fourth-order valence-electron chi connectivity index (χ4n) is 8.02. The van der Waals surface area contributed by atoms with Crippen molar-refractivity contribution in [1.29, 1.82) is 0 Å². The molecule has 370 valence electrons. The molecule has 3 N–H and O–H groups in total. The van der Waals surface area contributed by atoms with Crippen molar-refractivity contribution in [2.75, 3.05) is 6.61 Å². The lowest BCUT2D eigenvalue weighted by molar-refractivity contribution is -0.151. The maximum atomic E-state index is 13.2. The van der Waals surface area contributed by atoms with Crippen LogP contribution in [0.4, 0.5) is 0 Å². The molecule has 0 aromatic carbocycles. The molecule has 64 heavy (non-hydrogen) atoms. The van der Waals surface area contributed by atoms with Crippen molar-refractivity contribution in [3.05, 3.63) is 72.9 Å². The lowest BCUT2D eigenvalue weighted by atomic mass is 10.0. The second kappa shape index (κ2) is 51.3. The lowest BCUT2D eigenvalue weighted by Gasteiger charge is -2.24. The molecule has 1 amide bonds. The molecule has 3 unspecified atom stereocenters. The highest BCUT2D eigenvalue weighted by atomic mass is 16.5. The maximum absolute atomic E-state index is 13.2. The second-order valence-electron chi connectivity index (χ2n) is 18.4. The molecule has 6 heteroatoms. The first-order valence-corrected chi connectivity index (χ1v) is 27.2. The predicted octanol–water partition coefficient (Wildman–Crippen LogP) is 16.6. The highest BCUT2D eigenvalue weighted by Gasteiger charge is 2.24. The van der Waals surface area contributed by atoms with Crippen molar-refractivity contribution in [3.63, 3.8) is 0 Å². The third kappa shape index (κ3) is 45.9. The van der Waals surface area contributed by atoms with E-state index in [0.29, 0.717) is 19.3 Å². The minimum absolute atomic E-state index is 0.0386. The highest BCUT2D eigenvalue weighted by Crippen LogP contribution is 2.17. The molecular weight excluding hydrogens is 791 g/mol. The number of ether oxygens (including phenoxy) is 1. The third-order valence-electron chi connectivity index (χ3n) is 12.1. The van der Waals surface area contributed by atoms with Crippen molar-refractivity contribution in [2.45, 2.75) is 277 Å². The Bertz CT molecular complexity index is 1190. The zero-order valence-electron chi connectivity index (χ0n) is 42.1. The maximum Gasteiger partial charge on any atom is 0.306 e. The van der Waals surface area contributed by atoms with Crippen molar-refractivity contribution in [1.82, 2.24) is 5.32 Å². The van der Waals surface area contributed by atoms with E-state index in [2.05, 4.69) is 74.7 Å². The number of carbonyl (C=O) groups is 2. The molecule has 0 spiro atoms. The van der Waals surface area contributed by atoms with Gasteiger partial charge in [0, 0.05) is 6.42 Å². The van der Waals surface area contributed by atoms with Gasteiger partial charge in [0.25, 0.3) is 0 Å². The summed E-state index contributed by atoms with van der Waals surface area (Å²) in [5.74, 6) is -0.544. The molecule has 0 saturated heterocycles. The standard InChI is InChI=1S/C58H103NO5/c1-4-7-10-13-16-19-22-25-27-29-32-35-38-41-44-47-50-56(61)55(53-60)59-57(62)52-54(49-46-43-40-37-34-31-24-21-18-15-12-9-6-3)64-58(63)51-48-45-42-39-36-33-30-28-26-23-20-17-14-11-8-5-2/h9,12,15,18,21,24,28,30-31,33-34,36,54-56,60-61H,4-8,10-11,13-14,16-17,19-20,22-23,25-27,29,32,35,37-53H2,1-3H3,(H,59,62)/b12-9+,18-15+,24-21+,30-28+,34-31-,36-33+. The molecule has 0 aromatic rings. The van der Waals surface area contributed by atoms with Crippen LogP contribution in [0.2, 0.25) is 0 Å². The normalized spacial score (nSPS) is 13.8. The van der Waals surface area contributed by atoms with Crippen LogP contribution in [0, 0.1) is 0 Å². The Balaban J connectivity index is 4.62. The molecular formula is C58H103NO5. The first kappa shape index (κ1) is 61.3. The summed E-state index contributed by atoms with van der Waals surface area (Å²) in [6, 6.07) is -0.723. The molecule has 0 aliphatic heterocycles. The topological polar surface area (TPSA) is 95.9 Å². The zero-order chi connectivity index (χ0) is 46.7. The number of aliphatic hydroxyl groups is 2. The van der Waals surface area contributed by atoms with Crippen LogP contribution in [0.5, 0.6) is 0 Å². The summed E-state index contributed by atoms with van der Waals surface area (Å²) < 4.78 is 5.91. The lowest BCUT2D eigenvalue weighted by Crippen LogP contribution is -2.46. The molecule has 0 aromatic heterocycles. The molecule has 0 fully saturated rings. The first-order valence-electron chi connectivity index (χ1n) is 27.2. The van der Waals surface area contributed by atoms with E-state index >= 15 is 0 Å². The number of allylic oxidation sites excluding steroid dienone is 12. The van der Waals surface area contributed by atoms with Crippen LogP contribution < -0.4 is 5.32 Å². The molecule has 0 aliphatic rings. The largest absolute Gasteiger partial charge is 0.462 e. The minimum atomic E-state index is -0.806. The van der Waals surface area contributed by atoms with E-state index < -0.39 is 18.2 Å². The van der Waals surface area contributed by atoms with Crippen molar-refractivity contribution in [3.8, 4) is 0 Å². The monoisotopic (exact) mass is 894 g/mol. The summed E-state index contributed by atoms with van der Waals surface area (Å²) in [5.41, 5.74) is 0. The number of hydrogen-bond acceptors (Lipinski definition) is 5. The molecule has 0 aliphatic carbocycles. The van der Waals surface area contributed by atoms with Crippen LogP contribution in [0.1, 0.15) is 258 Å². The Morgan fingerprint density at radius 2 is 0.844 bits per heavy atom. The van der Waals surface area contributed by atoms with E-state index in [4.69, 9.17) is 4.74 Å². The SMILES string of the molecule is CC/C=C/C=C/C=C/C=C\CCCCCC(CC(=O)NC(CO)C(O)CCCCCCCCCCCCCCCCCC)OC(=O)CCCCC/C=C/C=C/CCCCCCCCC. The summed E-state index contributed by atoms with van der Waals surface area (Å²) in [4.78, 5) is 26.2. The fraction of sp³-hybridized carbons (Fsp3) is 0.759. The number of rotatable bonds is 48. The van der Waals surface area contributed by atoms with Crippen LogP contribution in [0.15, 0.2) is 72.9 Å². The van der Waals surface area contributed by atoms with E-state index in [1.54, 1.807) is 0 Å². The first-order chi connectivity index (χ1) is 31.5. The Labute approximate surface area is 396 Å². The van der Waals surface area contributed by atoms with E-state index in [-0.39, 0.29) is 24.9 Å². The Morgan fingerprint density at radius 1 is 0.469 bits per heavy atom. The van der Waals surface area contributed by atoms with Crippen LogP contribution in [-0.4, -0.2) is 46.9 Å². The Kier molecular flexibility index (Phi) is 49.1. The average molecular weight is 894 g/mol. The van der Waals surface area contributed by atoms with Gasteiger partial charge in [0.15, 0.2) is 0 Å². The number of hydrogen-bond donors (Lipinski definition) is 3. The van der Waals surface area contributed by atoms with E-state index in [1.807, 2.05) is 24.3 Å². The van der Waals surface area contributed by atoms with Gasteiger partial charge in [0.2, 0.25) is 5.91 Å². The van der Waals surface area contributed by atoms with Gasteiger partial charge in [-0.3, -0.25) is 9.59 Å². The Hall–Kier alpha value is -2.70. The van der Waals surface area contributed by atoms with Crippen molar-refractivity contribution in [2.24, 2.45) is 0 Å². The number of amides is 1. The number of aliphatic hydroxyl groups excluding tert-OH is 2. The summed E-state index contributed by atoms with van der Waals surface area (Å²) >= 11 is 0. The van der Waals surface area contributed by atoms with Gasteiger partial charge in [-0.05, 0) is 70.6 Å². The molecule has 0 rings (SSSR count). The molecule has 0 heterocycles. The molecule has 0 saturated carbocycles. The van der Waals surface area contributed by atoms with E-state index in [1.165, 1.54) is 128 Å². The van der Waals surface area contributed by atoms with Crippen LogP contribution in [-0.2, 0) is 14.3 Å². The molecule has 6 nitrogen and oxygen atoms in total. The minimum Gasteiger partial charge on any atom is -0.462 e. The summed E-state index contributed by atoms with van der Waals surface area (Å²) in [6.45, 7) is 6.33. The number of carbonyl (C=O) groups excluding carboxylic acids is 2. The van der Waals surface area contributed by atoms with Crippen molar-refractivity contribution >= 4 is 11.9 Å². The Morgan fingerprint density at radius 3 is 1.31 bits per heavy atom. The fourth-order valence-corrected chi connectivity index (χ4v) is 8.02. The quantitative estimate of drug-likeness (QED) is 0.0321. The number of unbranched alkanes of at least 4 members (excludes halogenated alkanes) is 28. The predicted molar refractivity (Wildman–Crippen MR) is 278 cm³/mol. The van der Waals surface area contributed by atoms with Gasteiger partial charge in [-0.15, -0.1) is 0 Å². The van der Waals surface area contributed by atoms with E-state index in [0.717, 1.165) is 83.5 Å². The van der Waals surface area contributed by atoms with Gasteiger partial charge < -0.3 is 20.3 Å². The second-order valence-corrected chi connectivity index (χ2v) is 18.4. The van der Waals surface area contributed by atoms with Crippen LogP contribution >= 0.6 is 0 Å². The molecule has 3 atom stereocenters. The zero-order valence-corrected chi connectivity index (χ0v) is 42.1. The van der Waals surface area contributed by atoms with Gasteiger partial charge in [0.05, 0.1) is 25.2 Å². The highest BCUT2D eigenvalue weighted by molar-refractivity contribution is 5.77. The van der Waals surface area contributed by atoms with Crippen molar-refractivity contribution < 1.29 is 24.5 Å². The smallest absolute Gasteiger partial charge is 0.306 e. The third-order valence-corrected chi connectivity index (χ3v) is 12.1. The van der Waals surface area contributed by atoms with Crippen LogP contribution in [0.3, 0.4) is 0 Å². The van der Waals surface area contributed by atoms with Gasteiger partial charge in [-0.25, -0.2) is 0 Å². The number of nitrogens with one attached hydrogen (secondary N) is 1. The van der Waals surface area contributed by atoms with Crippen LogP contribution in [0.25, 0.3) is 0 Å². The van der Waals surface area contributed by atoms with E-state index in [9.17, 15) is 19.8 Å². The summed E-state index contributed by atoms with van der Waals surface area (Å²) in [5, 5.41) is 23.8. The summed E-state index contributed by atoms with van der Waals surface area (Å²) in [7, 11) is 0. The van der Waals surface area contributed by atoms with Gasteiger partial charge in [0.1, 0.15) is 6.10 Å². The number of esters is 1. The molecule has 0 radical (unpaired) electrons.